The lowest BCUT2D eigenvalue weighted by Gasteiger charge is -2.03. The molecule has 0 saturated heterocycles. The van der Waals surface area contributed by atoms with E-state index in [-0.39, 0.29) is 5.97 Å². The molecule has 0 amide bonds. The molecule has 1 N–H and O–H groups in total. The Morgan fingerprint density at radius 1 is 1.30 bits per heavy atom. The highest BCUT2D eigenvalue weighted by Gasteiger charge is 2.26. The zero-order valence-corrected chi connectivity index (χ0v) is 13.0. The molecule has 0 fully saturated rings. The molecule has 0 unspecified atom stereocenters. The number of H-pyrrole nitrogens is 1. The van der Waals surface area contributed by atoms with Crippen LogP contribution < -0.4 is 0 Å². The van der Waals surface area contributed by atoms with Gasteiger partial charge in [-0.2, -0.15) is 5.10 Å². The van der Waals surface area contributed by atoms with Gasteiger partial charge in [-0.05, 0) is 29.8 Å². The summed E-state index contributed by atoms with van der Waals surface area (Å²) in [6.07, 6.45) is 2.42. The second-order valence-electron chi connectivity index (χ2n) is 5.34. The van der Waals surface area contributed by atoms with E-state index in [0.29, 0.717) is 17.1 Å². The van der Waals surface area contributed by atoms with Gasteiger partial charge in [0, 0.05) is 29.3 Å². The molecule has 0 bridgehead atoms. The first kappa shape index (κ1) is 14.0. The number of nitrogens with zero attached hydrogens (tertiary/aromatic N) is 2. The SMILES string of the molecule is COC(=O)c1ccc2c(c1)Cc1c(-c3ccc(Cl)nc3)n[nH]c1-2. The Labute approximate surface area is 137 Å². The fourth-order valence-electron chi connectivity index (χ4n) is 2.93. The lowest BCUT2D eigenvalue weighted by molar-refractivity contribution is 0.0600. The molecule has 6 heteroatoms. The van der Waals surface area contributed by atoms with Gasteiger partial charge in [0.05, 0.1) is 24.1 Å². The Balaban J connectivity index is 1.76. The van der Waals surface area contributed by atoms with Crippen molar-refractivity contribution in [3.63, 3.8) is 0 Å². The molecule has 3 aromatic rings. The maximum Gasteiger partial charge on any atom is 0.337 e. The van der Waals surface area contributed by atoms with E-state index in [2.05, 4.69) is 15.2 Å². The van der Waals surface area contributed by atoms with Gasteiger partial charge >= 0.3 is 5.97 Å². The average molecular weight is 326 g/mol. The fourth-order valence-corrected chi connectivity index (χ4v) is 3.05. The minimum Gasteiger partial charge on any atom is -0.465 e. The van der Waals surface area contributed by atoms with Crippen molar-refractivity contribution in [3.8, 4) is 22.5 Å². The number of carbonyl (C=O) groups is 1. The Morgan fingerprint density at radius 3 is 2.91 bits per heavy atom. The fraction of sp³-hybridized carbons (Fsp3) is 0.118. The third-order valence-corrected chi connectivity index (χ3v) is 4.25. The van der Waals surface area contributed by atoms with E-state index in [1.54, 1.807) is 18.3 Å². The van der Waals surface area contributed by atoms with Gasteiger partial charge in [-0.3, -0.25) is 5.10 Å². The van der Waals surface area contributed by atoms with Crippen LogP contribution in [0, 0.1) is 0 Å². The highest BCUT2D eigenvalue weighted by Crippen LogP contribution is 2.40. The van der Waals surface area contributed by atoms with Crippen LogP contribution in [-0.4, -0.2) is 28.3 Å². The molecular weight excluding hydrogens is 314 g/mol. The highest BCUT2D eigenvalue weighted by atomic mass is 35.5. The van der Waals surface area contributed by atoms with Crippen LogP contribution in [0.25, 0.3) is 22.5 Å². The maximum absolute atomic E-state index is 11.7. The normalized spacial score (nSPS) is 11.9. The minimum atomic E-state index is -0.330. The first-order valence-electron chi connectivity index (χ1n) is 7.08. The summed E-state index contributed by atoms with van der Waals surface area (Å²) >= 11 is 5.84. The molecule has 0 atom stereocenters. The van der Waals surface area contributed by atoms with Crippen molar-refractivity contribution in [3.05, 3.63) is 58.4 Å². The summed E-state index contributed by atoms with van der Waals surface area (Å²) in [6.45, 7) is 0. The zero-order valence-electron chi connectivity index (χ0n) is 12.3. The zero-order chi connectivity index (χ0) is 16.0. The minimum absolute atomic E-state index is 0.330. The number of benzene rings is 1. The number of hydrogen-bond acceptors (Lipinski definition) is 4. The molecule has 0 radical (unpaired) electrons. The molecule has 2 heterocycles. The first-order chi connectivity index (χ1) is 11.2. The molecule has 1 aromatic carbocycles. The van der Waals surface area contributed by atoms with E-state index in [9.17, 15) is 4.79 Å². The molecule has 1 aliphatic carbocycles. The average Bonchev–Trinajstić information content (AvgIpc) is 3.13. The Hall–Kier alpha value is -2.66. The van der Waals surface area contributed by atoms with Crippen molar-refractivity contribution in [2.24, 2.45) is 0 Å². The van der Waals surface area contributed by atoms with Gasteiger partial charge in [0.2, 0.25) is 0 Å². The molecular formula is C17H12ClN3O2. The number of esters is 1. The highest BCUT2D eigenvalue weighted by molar-refractivity contribution is 6.29. The third-order valence-electron chi connectivity index (χ3n) is 4.03. The number of halogens is 1. The van der Waals surface area contributed by atoms with Crippen LogP contribution >= 0.6 is 11.6 Å². The van der Waals surface area contributed by atoms with Crippen LogP contribution in [-0.2, 0) is 11.2 Å². The van der Waals surface area contributed by atoms with Gasteiger partial charge in [0.1, 0.15) is 5.15 Å². The first-order valence-corrected chi connectivity index (χ1v) is 7.46. The Bertz CT molecular complexity index is 916. The molecule has 0 spiro atoms. The van der Waals surface area contributed by atoms with Crippen molar-refractivity contribution in [2.75, 3.05) is 7.11 Å². The van der Waals surface area contributed by atoms with Gasteiger partial charge in [0.25, 0.3) is 0 Å². The van der Waals surface area contributed by atoms with Crippen LogP contribution in [0.3, 0.4) is 0 Å². The van der Waals surface area contributed by atoms with Gasteiger partial charge in [0.15, 0.2) is 0 Å². The van der Waals surface area contributed by atoms with E-state index in [1.165, 1.54) is 7.11 Å². The number of carbonyl (C=O) groups excluding carboxylic acids is 1. The van der Waals surface area contributed by atoms with Crippen molar-refractivity contribution >= 4 is 17.6 Å². The molecule has 5 nitrogen and oxygen atoms in total. The maximum atomic E-state index is 11.7. The Morgan fingerprint density at radius 2 is 2.17 bits per heavy atom. The molecule has 4 rings (SSSR count). The number of methoxy groups -OCH3 is 1. The predicted octanol–water partition coefficient (Wildman–Crippen LogP) is 3.48. The van der Waals surface area contributed by atoms with Gasteiger partial charge < -0.3 is 4.74 Å². The summed E-state index contributed by atoms with van der Waals surface area (Å²) in [4.78, 5) is 15.8. The van der Waals surface area contributed by atoms with Crippen LogP contribution in [0.15, 0.2) is 36.5 Å². The van der Waals surface area contributed by atoms with E-state index in [4.69, 9.17) is 16.3 Å². The third kappa shape index (κ3) is 2.21. The standard InChI is InChI=1S/C17H12ClN3O2/c1-23-17(22)9-2-4-12-11(6-9)7-13-15(20-21-16(12)13)10-3-5-14(18)19-8-10/h2-6,8H,7H2,1H3,(H,20,21). The lowest BCUT2D eigenvalue weighted by Crippen LogP contribution is -2.01. The molecule has 2 aromatic heterocycles. The smallest absolute Gasteiger partial charge is 0.337 e. The summed E-state index contributed by atoms with van der Waals surface area (Å²) in [5.74, 6) is -0.330. The van der Waals surface area contributed by atoms with Crippen molar-refractivity contribution in [1.82, 2.24) is 15.2 Å². The van der Waals surface area contributed by atoms with E-state index < -0.39 is 0 Å². The second kappa shape index (κ2) is 5.21. The number of rotatable bonds is 2. The Kier molecular flexibility index (Phi) is 3.16. The topological polar surface area (TPSA) is 67.9 Å². The molecule has 1 aliphatic rings. The van der Waals surface area contributed by atoms with Crippen LogP contribution in [0.2, 0.25) is 5.15 Å². The summed E-state index contributed by atoms with van der Waals surface area (Å²) < 4.78 is 4.78. The molecule has 0 saturated carbocycles. The lowest BCUT2D eigenvalue weighted by atomic mass is 10.1. The monoisotopic (exact) mass is 325 g/mol. The summed E-state index contributed by atoms with van der Waals surface area (Å²) in [7, 11) is 1.38. The van der Waals surface area contributed by atoms with E-state index >= 15 is 0 Å². The number of hydrogen-bond donors (Lipinski definition) is 1. The summed E-state index contributed by atoms with van der Waals surface area (Å²) in [5.41, 5.74) is 6.56. The number of nitrogens with one attached hydrogen (secondary N) is 1. The van der Waals surface area contributed by atoms with Crippen LogP contribution in [0.5, 0.6) is 0 Å². The van der Waals surface area contributed by atoms with Gasteiger partial charge in [-0.15, -0.1) is 0 Å². The van der Waals surface area contributed by atoms with E-state index in [1.807, 2.05) is 18.2 Å². The van der Waals surface area contributed by atoms with Crippen LogP contribution in [0.4, 0.5) is 0 Å². The van der Waals surface area contributed by atoms with Gasteiger partial charge in [-0.25, -0.2) is 9.78 Å². The number of aromatic nitrogens is 3. The van der Waals surface area contributed by atoms with Crippen molar-refractivity contribution < 1.29 is 9.53 Å². The van der Waals surface area contributed by atoms with Crippen LogP contribution in [0.1, 0.15) is 21.5 Å². The largest absolute Gasteiger partial charge is 0.465 e. The molecule has 23 heavy (non-hydrogen) atoms. The molecule has 114 valence electrons. The number of aromatic amines is 1. The predicted molar refractivity (Wildman–Crippen MR) is 86.4 cm³/mol. The number of pyridine rings is 1. The summed E-state index contributed by atoms with van der Waals surface area (Å²) in [6, 6.07) is 9.21. The van der Waals surface area contributed by atoms with Gasteiger partial charge in [-0.1, -0.05) is 17.7 Å². The van der Waals surface area contributed by atoms with Crippen molar-refractivity contribution in [2.45, 2.75) is 6.42 Å². The van der Waals surface area contributed by atoms with Crippen molar-refractivity contribution in [1.29, 1.82) is 0 Å². The number of fused-ring (bicyclic) bond motifs is 3. The number of ether oxygens (including phenoxy) is 1. The van der Waals surface area contributed by atoms with E-state index in [0.717, 1.165) is 33.6 Å². The quantitative estimate of drug-likeness (QED) is 0.452. The molecule has 0 aliphatic heterocycles. The second-order valence-corrected chi connectivity index (χ2v) is 5.72. The summed E-state index contributed by atoms with van der Waals surface area (Å²) in [5, 5.41) is 7.95.